The summed E-state index contributed by atoms with van der Waals surface area (Å²) in [5.74, 6) is 1.00. The van der Waals surface area contributed by atoms with Crippen molar-refractivity contribution in [3.05, 3.63) is 69.7 Å². The van der Waals surface area contributed by atoms with Crippen LogP contribution in [0.4, 0.5) is 11.6 Å². The van der Waals surface area contributed by atoms with Gasteiger partial charge < -0.3 is 10.6 Å². The lowest BCUT2D eigenvalue weighted by atomic mass is 10.2. The molecule has 0 amide bonds. The van der Waals surface area contributed by atoms with Crippen LogP contribution in [-0.4, -0.2) is 27.6 Å². The summed E-state index contributed by atoms with van der Waals surface area (Å²) in [6, 6.07) is 14.1. The molecule has 3 aromatic rings. The third-order valence-corrected chi connectivity index (χ3v) is 5.19. The minimum Gasteiger partial charge on any atom is -0.332 e. The Hall–Kier alpha value is -2.84. The minimum atomic E-state index is 0.450. The molecule has 3 N–H and O–H groups in total. The number of aromatic nitrogens is 2. The summed E-state index contributed by atoms with van der Waals surface area (Å²) in [6.45, 7) is 6.52. The van der Waals surface area contributed by atoms with Gasteiger partial charge in [0.1, 0.15) is 0 Å². The molecule has 3 rings (SSSR count). The van der Waals surface area contributed by atoms with E-state index in [9.17, 15) is 0 Å². The van der Waals surface area contributed by atoms with Crippen LogP contribution in [0.1, 0.15) is 21.8 Å². The quantitative estimate of drug-likeness (QED) is 0.319. The summed E-state index contributed by atoms with van der Waals surface area (Å²) in [4.78, 5) is 14.8. The number of rotatable bonds is 5. The molecule has 0 saturated heterocycles. The second-order valence-corrected chi connectivity index (χ2v) is 7.99. The molecule has 2 aromatic heterocycles. The molecule has 0 radical (unpaired) electrons. The van der Waals surface area contributed by atoms with E-state index < -0.39 is 0 Å². The van der Waals surface area contributed by atoms with E-state index in [0.717, 1.165) is 29.1 Å². The molecule has 1 aromatic carbocycles. The molecule has 0 spiro atoms. The minimum absolute atomic E-state index is 0.450. The zero-order chi connectivity index (χ0) is 20.6. The third-order valence-electron chi connectivity index (χ3n) is 4.05. The Morgan fingerprint density at radius 2 is 1.79 bits per heavy atom. The summed E-state index contributed by atoms with van der Waals surface area (Å²) < 4.78 is 0. The molecule has 8 heteroatoms. The number of nitrogens with zero attached hydrogens (tertiary/aromatic N) is 3. The van der Waals surface area contributed by atoms with Gasteiger partial charge in [0.25, 0.3) is 0 Å². The predicted octanol–water partition coefficient (Wildman–Crippen LogP) is 4.46. The molecule has 29 heavy (non-hydrogen) atoms. The highest BCUT2D eigenvalue weighted by Crippen LogP contribution is 2.13. The zero-order valence-electron chi connectivity index (χ0n) is 16.7. The maximum atomic E-state index is 5.49. The number of para-hydroxylation sites is 1. The number of aryl methyl sites for hydroxylation is 3. The second-order valence-electron chi connectivity index (χ2n) is 6.55. The highest BCUT2D eigenvalue weighted by Gasteiger charge is 2.08. The summed E-state index contributed by atoms with van der Waals surface area (Å²) in [6.07, 6.45) is 0.857. The normalized spacial score (nSPS) is 11.2. The summed E-state index contributed by atoms with van der Waals surface area (Å²) >= 11 is 7.21. The molecule has 2 heterocycles. The number of hydrogen-bond acceptors (Lipinski definition) is 5. The van der Waals surface area contributed by atoms with Crippen molar-refractivity contribution in [1.82, 2.24) is 15.3 Å². The van der Waals surface area contributed by atoms with Crippen molar-refractivity contribution in [3.8, 4) is 0 Å². The molecule has 0 fully saturated rings. The fraction of sp³-hybridized carbons (Fsp3) is 0.238. The number of nitrogens with one attached hydrogen (secondary N) is 3. The van der Waals surface area contributed by atoms with E-state index in [1.54, 1.807) is 11.3 Å². The molecule has 0 aliphatic heterocycles. The predicted molar refractivity (Wildman–Crippen MR) is 126 cm³/mol. The van der Waals surface area contributed by atoms with E-state index in [4.69, 9.17) is 12.2 Å². The van der Waals surface area contributed by atoms with Gasteiger partial charge in [0.05, 0.1) is 0 Å². The Morgan fingerprint density at radius 3 is 2.48 bits per heavy atom. The first-order valence-corrected chi connectivity index (χ1v) is 10.6. The van der Waals surface area contributed by atoms with E-state index in [1.165, 1.54) is 4.88 Å². The fourth-order valence-electron chi connectivity index (χ4n) is 2.71. The largest absolute Gasteiger partial charge is 0.332 e. The zero-order valence-corrected chi connectivity index (χ0v) is 18.3. The Labute approximate surface area is 180 Å². The van der Waals surface area contributed by atoms with Crippen molar-refractivity contribution < 1.29 is 0 Å². The van der Waals surface area contributed by atoms with Crippen LogP contribution in [0.5, 0.6) is 0 Å². The van der Waals surface area contributed by atoms with Crippen molar-refractivity contribution in [3.63, 3.8) is 0 Å². The highest BCUT2D eigenvalue weighted by atomic mass is 32.1. The lowest BCUT2D eigenvalue weighted by Crippen LogP contribution is -2.39. The van der Waals surface area contributed by atoms with Gasteiger partial charge in [-0.25, -0.2) is 9.97 Å². The van der Waals surface area contributed by atoms with Crippen LogP contribution in [0.3, 0.4) is 0 Å². The molecule has 0 atom stereocenters. The SMILES string of the molecule is Cc1cc(C)nc(NC(=NCCc2cccs2)NC(=S)Nc2ccccc2C)n1. The lowest BCUT2D eigenvalue weighted by Gasteiger charge is -2.15. The maximum absolute atomic E-state index is 5.49. The number of benzene rings is 1. The number of aliphatic imine (C=N–C) groups is 1. The van der Waals surface area contributed by atoms with Crippen molar-refractivity contribution in [2.75, 3.05) is 17.2 Å². The Kier molecular flexibility index (Phi) is 7.26. The van der Waals surface area contributed by atoms with Gasteiger partial charge in [-0.3, -0.25) is 10.3 Å². The van der Waals surface area contributed by atoms with Gasteiger partial charge in [-0.1, -0.05) is 24.3 Å². The van der Waals surface area contributed by atoms with E-state index in [2.05, 4.69) is 42.4 Å². The number of guanidine groups is 1. The second kappa shape index (κ2) is 10.1. The molecule has 0 bridgehead atoms. The van der Waals surface area contributed by atoms with Gasteiger partial charge in [-0.2, -0.15) is 0 Å². The van der Waals surface area contributed by atoms with Crippen LogP contribution >= 0.6 is 23.6 Å². The van der Waals surface area contributed by atoms with Gasteiger partial charge in [-0.15, -0.1) is 11.3 Å². The Balaban J connectivity index is 1.72. The van der Waals surface area contributed by atoms with Crippen LogP contribution in [0.25, 0.3) is 0 Å². The molecular weight excluding hydrogens is 400 g/mol. The first kappa shape index (κ1) is 20.9. The number of thiophene rings is 1. The average Bonchev–Trinajstić information content (AvgIpc) is 3.16. The summed E-state index contributed by atoms with van der Waals surface area (Å²) in [5.41, 5.74) is 3.83. The molecular formula is C21H24N6S2. The first-order valence-electron chi connectivity index (χ1n) is 9.29. The Bertz CT molecular complexity index is 978. The smallest absolute Gasteiger partial charge is 0.229 e. The number of anilines is 2. The van der Waals surface area contributed by atoms with Crippen LogP contribution in [0.15, 0.2) is 52.8 Å². The summed E-state index contributed by atoms with van der Waals surface area (Å²) in [7, 11) is 0. The van der Waals surface area contributed by atoms with Gasteiger partial charge in [0.15, 0.2) is 5.11 Å². The molecule has 150 valence electrons. The van der Waals surface area contributed by atoms with Gasteiger partial charge in [-0.05, 0) is 62.1 Å². The van der Waals surface area contributed by atoms with Crippen molar-refractivity contribution in [1.29, 1.82) is 0 Å². The lowest BCUT2D eigenvalue weighted by molar-refractivity contribution is 0.973. The van der Waals surface area contributed by atoms with E-state index >= 15 is 0 Å². The first-order chi connectivity index (χ1) is 14.0. The van der Waals surface area contributed by atoms with E-state index in [-0.39, 0.29) is 0 Å². The van der Waals surface area contributed by atoms with Crippen LogP contribution in [0, 0.1) is 20.8 Å². The molecule has 6 nitrogen and oxygen atoms in total. The highest BCUT2D eigenvalue weighted by molar-refractivity contribution is 7.80. The van der Waals surface area contributed by atoms with Crippen LogP contribution in [0.2, 0.25) is 0 Å². The standard InChI is InChI=1S/C21H24N6S2/c1-14-7-4-5-9-18(14)25-21(28)27-19(22-11-10-17-8-6-12-29-17)26-20-23-15(2)13-16(3)24-20/h4-9,12-13H,10-11H2,1-3H3,(H3,22,23,24,25,26,27,28). The summed E-state index contributed by atoms with van der Waals surface area (Å²) in [5, 5.41) is 12.0. The maximum Gasteiger partial charge on any atom is 0.229 e. The Morgan fingerprint density at radius 1 is 1.03 bits per heavy atom. The van der Waals surface area contributed by atoms with Crippen molar-refractivity contribution in [2.24, 2.45) is 4.99 Å². The fourth-order valence-corrected chi connectivity index (χ4v) is 3.61. The van der Waals surface area contributed by atoms with Crippen molar-refractivity contribution in [2.45, 2.75) is 27.2 Å². The van der Waals surface area contributed by atoms with Gasteiger partial charge in [0.2, 0.25) is 11.9 Å². The molecule has 0 aliphatic carbocycles. The molecule has 0 unspecified atom stereocenters. The number of thiocarbonyl (C=S) groups is 1. The average molecular weight is 425 g/mol. The van der Waals surface area contributed by atoms with E-state index in [0.29, 0.717) is 23.6 Å². The number of hydrogen-bond donors (Lipinski definition) is 3. The van der Waals surface area contributed by atoms with Gasteiger partial charge >= 0.3 is 0 Å². The van der Waals surface area contributed by atoms with E-state index in [1.807, 2.05) is 57.2 Å². The molecule has 0 saturated carbocycles. The van der Waals surface area contributed by atoms with Gasteiger partial charge in [0, 0.05) is 34.9 Å². The topological polar surface area (TPSA) is 74.2 Å². The monoisotopic (exact) mass is 424 g/mol. The van der Waals surface area contributed by atoms with Crippen LogP contribution < -0.4 is 16.0 Å². The van der Waals surface area contributed by atoms with Crippen molar-refractivity contribution >= 4 is 46.3 Å². The molecule has 0 aliphatic rings. The van der Waals surface area contributed by atoms with Crippen LogP contribution in [-0.2, 0) is 6.42 Å². The third kappa shape index (κ3) is 6.62.